The summed E-state index contributed by atoms with van der Waals surface area (Å²) < 4.78 is 0. The van der Waals surface area contributed by atoms with Crippen LogP contribution in [0.1, 0.15) is 21.6 Å². The highest BCUT2D eigenvalue weighted by Crippen LogP contribution is 2.07. The van der Waals surface area contributed by atoms with Crippen molar-refractivity contribution in [3.63, 3.8) is 0 Å². The molecule has 0 aliphatic carbocycles. The summed E-state index contributed by atoms with van der Waals surface area (Å²) in [6, 6.07) is 19.4. The van der Waals surface area contributed by atoms with E-state index in [1.54, 1.807) is 24.5 Å². The number of benzene rings is 1. The van der Waals surface area contributed by atoms with Gasteiger partial charge in [-0.3, -0.25) is 9.78 Å². The van der Waals surface area contributed by atoms with Crippen molar-refractivity contribution < 1.29 is 4.79 Å². The fourth-order valence-electron chi connectivity index (χ4n) is 2.38. The molecule has 5 nitrogen and oxygen atoms in total. The average molecular weight is 332 g/mol. The number of anilines is 1. The highest BCUT2D eigenvalue weighted by atomic mass is 16.1. The van der Waals surface area contributed by atoms with Crippen LogP contribution in [0, 0.1) is 0 Å². The standard InChI is InChI=1S/C20H20N4O/c25-20(22-13-11-16-6-2-1-3-7-16)17-9-10-19(23-14-17)24-15-18-8-4-5-12-21-18/h1-10,12,14H,11,13,15H2,(H,22,25)(H,23,24). The van der Waals surface area contributed by atoms with E-state index in [-0.39, 0.29) is 5.91 Å². The van der Waals surface area contributed by atoms with Gasteiger partial charge in [-0.25, -0.2) is 4.98 Å². The minimum atomic E-state index is -0.111. The molecule has 0 unspecified atom stereocenters. The summed E-state index contributed by atoms with van der Waals surface area (Å²) in [5.74, 6) is 0.603. The Hall–Kier alpha value is -3.21. The second-order valence-corrected chi connectivity index (χ2v) is 5.60. The second-order valence-electron chi connectivity index (χ2n) is 5.60. The first-order valence-corrected chi connectivity index (χ1v) is 8.23. The van der Waals surface area contributed by atoms with Gasteiger partial charge in [-0.05, 0) is 36.2 Å². The number of pyridine rings is 2. The van der Waals surface area contributed by atoms with Gasteiger partial charge in [-0.2, -0.15) is 0 Å². The van der Waals surface area contributed by atoms with Gasteiger partial charge in [-0.1, -0.05) is 36.4 Å². The zero-order chi connectivity index (χ0) is 17.3. The monoisotopic (exact) mass is 332 g/mol. The Morgan fingerprint density at radius 2 is 1.76 bits per heavy atom. The van der Waals surface area contributed by atoms with Gasteiger partial charge < -0.3 is 10.6 Å². The summed E-state index contributed by atoms with van der Waals surface area (Å²) in [7, 11) is 0. The Morgan fingerprint density at radius 3 is 2.48 bits per heavy atom. The number of nitrogens with one attached hydrogen (secondary N) is 2. The third-order valence-electron chi connectivity index (χ3n) is 3.74. The molecule has 2 aromatic heterocycles. The molecule has 0 fully saturated rings. The van der Waals surface area contributed by atoms with Crippen LogP contribution in [-0.4, -0.2) is 22.4 Å². The first-order valence-electron chi connectivity index (χ1n) is 8.23. The van der Waals surface area contributed by atoms with Crippen molar-refractivity contribution in [1.29, 1.82) is 0 Å². The van der Waals surface area contributed by atoms with Crippen LogP contribution in [0.25, 0.3) is 0 Å². The fraction of sp³-hybridized carbons (Fsp3) is 0.150. The molecule has 0 atom stereocenters. The Labute approximate surface area is 147 Å². The smallest absolute Gasteiger partial charge is 0.252 e. The molecule has 2 heterocycles. The molecule has 3 aromatic rings. The van der Waals surface area contributed by atoms with Crippen molar-refractivity contribution in [2.24, 2.45) is 0 Å². The highest BCUT2D eigenvalue weighted by molar-refractivity contribution is 5.94. The lowest BCUT2D eigenvalue weighted by molar-refractivity contribution is 0.0954. The quantitative estimate of drug-likeness (QED) is 0.698. The van der Waals surface area contributed by atoms with E-state index >= 15 is 0 Å². The number of nitrogens with zero attached hydrogens (tertiary/aromatic N) is 2. The number of hydrogen-bond acceptors (Lipinski definition) is 4. The summed E-state index contributed by atoms with van der Waals surface area (Å²) in [6.07, 6.45) is 4.15. The first-order chi connectivity index (χ1) is 12.3. The molecule has 1 amide bonds. The molecule has 0 spiro atoms. The summed E-state index contributed by atoms with van der Waals surface area (Å²) in [4.78, 5) is 20.7. The van der Waals surface area contributed by atoms with Crippen molar-refractivity contribution in [2.45, 2.75) is 13.0 Å². The Bertz CT molecular complexity index is 789. The van der Waals surface area contributed by atoms with Crippen LogP contribution >= 0.6 is 0 Å². The summed E-state index contributed by atoms with van der Waals surface area (Å²) >= 11 is 0. The molecule has 0 saturated carbocycles. The number of rotatable bonds is 7. The van der Waals surface area contributed by atoms with Gasteiger partial charge in [0.15, 0.2) is 0 Å². The molecule has 0 radical (unpaired) electrons. The molecule has 0 aliphatic heterocycles. The largest absolute Gasteiger partial charge is 0.364 e. The average Bonchev–Trinajstić information content (AvgIpc) is 2.68. The molecule has 126 valence electrons. The predicted molar refractivity (Wildman–Crippen MR) is 98.3 cm³/mol. The van der Waals surface area contributed by atoms with Gasteiger partial charge in [0.05, 0.1) is 17.8 Å². The Kier molecular flexibility index (Phi) is 5.72. The van der Waals surface area contributed by atoms with Crippen molar-refractivity contribution in [1.82, 2.24) is 15.3 Å². The molecule has 25 heavy (non-hydrogen) atoms. The van der Waals surface area contributed by atoms with E-state index in [4.69, 9.17) is 0 Å². The number of aromatic nitrogens is 2. The van der Waals surface area contributed by atoms with Gasteiger partial charge in [0.1, 0.15) is 5.82 Å². The molecule has 3 rings (SSSR count). The Morgan fingerprint density at radius 1 is 0.920 bits per heavy atom. The molecule has 0 bridgehead atoms. The molecule has 0 saturated heterocycles. The van der Waals surface area contributed by atoms with Gasteiger partial charge in [-0.15, -0.1) is 0 Å². The third-order valence-corrected chi connectivity index (χ3v) is 3.74. The number of carbonyl (C=O) groups is 1. The van der Waals surface area contributed by atoms with Crippen molar-refractivity contribution in [3.8, 4) is 0 Å². The normalized spacial score (nSPS) is 10.2. The third kappa shape index (κ3) is 5.14. The van der Waals surface area contributed by atoms with Crippen LogP contribution in [0.15, 0.2) is 73.1 Å². The molecule has 2 N–H and O–H groups in total. The van der Waals surface area contributed by atoms with Crippen LogP contribution in [-0.2, 0) is 13.0 Å². The summed E-state index contributed by atoms with van der Waals surface area (Å²) in [5, 5.41) is 6.10. The molecule has 5 heteroatoms. The highest BCUT2D eigenvalue weighted by Gasteiger charge is 2.06. The van der Waals surface area contributed by atoms with E-state index < -0.39 is 0 Å². The number of amides is 1. The molecular formula is C20H20N4O. The zero-order valence-corrected chi connectivity index (χ0v) is 13.9. The van der Waals surface area contributed by atoms with E-state index in [2.05, 4.69) is 32.7 Å². The van der Waals surface area contributed by atoms with Gasteiger partial charge in [0.2, 0.25) is 0 Å². The topological polar surface area (TPSA) is 66.9 Å². The van der Waals surface area contributed by atoms with Crippen LogP contribution in [0.5, 0.6) is 0 Å². The maximum absolute atomic E-state index is 12.1. The number of hydrogen-bond donors (Lipinski definition) is 2. The molecule has 0 aliphatic rings. The predicted octanol–water partition coefficient (Wildman–Crippen LogP) is 3.06. The maximum atomic E-state index is 12.1. The van der Waals surface area contributed by atoms with Gasteiger partial charge in [0, 0.05) is 18.9 Å². The van der Waals surface area contributed by atoms with Crippen LogP contribution in [0.2, 0.25) is 0 Å². The Balaban J connectivity index is 1.47. The molecule has 1 aromatic carbocycles. The van der Waals surface area contributed by atoms with Gasteiger partial charge >= 0.3 is 0 Å². The van der Waals surface area contributed by atoms with Crippen molar-refractivity contribution in [2.75, 3.05) is 11.9 Å². The van der Waals surface area contributed by atoms with Crippen LogP contribution in [0.4, 0.5) is 5.82 Å². The summed E-state index contributed by atoms with van der Waals surface area (Å²) in [5.41, 5.74) is 2.69. The molecular weight excluding hydrogens is 312 g/mol. The minimum Gasteiger partial charge on any atom is -0.364 e. The first kappa shape index (κ1) is 16.6. The maximum Gasteiger partial charge on any atom is 0.252 e. The SMILES string of the molecule is O=C(NCCc1ccccc1)c1ccc(NCc2ccccn2)nc1. The van der Waals surface area contributed by atoms with E-state index in [1.165, 1.54) is 5.56 Å². The van der Waals surface area contributed by atoms with E-state index in [0.29, 0.717) is 24.5 Å². The van der Waals surface area contributed by atoms with Crippen molar-refractivity contribution >= 4 is 11.7 Å². The van der Waals surface area contributed by atoms with Crippen LogP contribution in [0.3, 0.4) is 0 Å². The van der Waals surface area contributed by atoms with Crippen molar-refractivity contribution in [3.05, 3.63) is 89.9 Å². The van der Waals surface area contributed by atoms with E-state index in [1.807, 2.05) is 36.4 Å². The zero-order valence-electron chi connectivity index (χ0n) is 13.9. The lowest BCUT2D eigenvalue weighted by atomic mass is 10.1. The lowest BCUT2D eigenvalue weighted by Gasteiger charge is -2.07. The number of carbonyl (C=O) groups excluding carboxylic acids is 1. The fourth-order valence-corrected chi connectivity index (χ4v) is 2.38. The lowest BCUT2D eigenvalue weighted by Crippen LogP contribution is -2.25. The van der Waals surface area contributed by atoms with E-state index in [0.717, 1.165) is 12.1 Å². The van der Waals surface area contributed by atoms with Gasteiger partial charge in [0.25, 0.3) is 5.91 Å². The van der Waals surface area contributed by atoms with E-state index in [9.17, 15) is 4.79 Å². The minimum absolute atomic E-state index is 0.111. The van der Waals surface area contributed by atoms with Crippen LogP contribution < -0.4 is 10.6 Å². The summed E-state index contributed by atoms with van der Waals surface area (Å²) in [6.45, 7) is 1.19. The second kappa shape index (κ2) is 8.59.